The molecule has 2 aromatic rings. The molecule has 0 unspecified atom stereocenters. The van der Waals surface area contributed by atoms with Gasteiger partial charge in [0.15, 0.2) is 5.82 Å². The minimum absolute atomic E-state index is 0.0961. The van der Waals surface area contributed by atoms with Gasteiger partial charge in [-0.1, -0.05) is 23.7 Å². The number of methoxy groups -OCH3 is 1. The molecule has 7 nitrogen and oxygen atoms in total. The summed E-state index contributed by atoms with van der Waals surface area (Å²) in [5.41, 5.74) is 0.646. The first kappa shape index (κ1) is 17.6. The van der Waals surface area contributed by atoms with E-state index in [0.29, 0.717) is 17.1 Å². The van der Waals surface area contributed by atoms with Crippen LogP contribution in [0.3, 0.4) is 0 Å². The summed E-state index contributed by atoms with van der Waals surface area (Å²) in [7, 11) is -0.396. The summed E-state index contributed by atoms with van der Waals surface area (Å²) in [6.07, 6.45) is 0. The summed E-state index contributed by atoms with van der Waals surface area (Å²) in [5.74, 6) is 1.11. The van der Waals surface area contributed by atoms with E-state index < -0.39 is 10.0 Å². The lowest BCUT2D eigenvalue weighted by atomic mass is 10.2. The second kappa shape index (κ2) is 7.69. The number of benzene rings is 1. The Morgan fingerprint density at radius 3 is 2.52 bits per heavy atom. The molecule has 0 radical (unpaired) electrons. The number of hydrogen-bond acceptors (Lipinski definition) is 6. The van der Waals surface area contributed by atoms with Crippen LogP contribution in [0.1, 0.15) is 11.4 Å². The van der Waals surface area contributed by atoms with Crippen molar-refractivity contribution in [1.82, 2.24) is 14.7 Å². The summed E-state index contributed by atoms with van der Waals surface area (Å²) < 4.78 is 35.8. The van der Waals surface area contributed by atoms with Gasteiger partial charge in [0.25, 0.3) is 0 Å². The zero-order valence-corrected chi connectivity index (χ0v) is 14.2. The first-order valence-electron chi connectivity index (χ1n) is 6.62. The molecule has 0 bridgehead atoms. The lowest BCUT2D eigenvalue weighted by Gasteiger charge is -2.08. The van der Waals surface area contributed by atoms with Gasteiger partial charge in [0.05, 0.1) is 5.75 Å². The van der Waals surface area contributed by atoms with E-state index >= 15 is 0 Å². The van der Waals surface area contributed by atoms with Crippen LogP contribution in [-0.4, -0.2) is 32.5 Å². The number of aromatic nitrogens is 2. The molecule has 0 amide bonds. The minimum Gasteiger partial charge on any atom is -0.439 e. The van der Waals surface area contributed by atoms with E-state index in [2.05, 4.69) is 14.7 Å². The molecule has 1 aromatic heterocycles. The maximum atomic E-state index is 11.5. The highest BCUT2D eigenvalue weighted by Crippen LogP contribution is 2.22. The van der Waals surface area contributed by atoms with Crippen molar-refractivity contribution in [2.45, 2.75) is 12.4 Å². The van der Waals surface area contributed by atoms with Crippen LogP contribution in [0.15, 0.2) is 30.3 Å². The van der Waals surface area contributed by atoms with Crippen molar-refractivity contribution in [3.05, 3.63) is 46.9 Å². The Labute approximate surface area is 139 Å². The van der Waals surface area contributed by atoms with Crippen molar-refractivity contribution >= 4 is 21.6 Å². The number of sulfonamides is 1. The fourth-order valence-corrected chi connectivity index (χ4v) is 2.72. The zero-order chi connectivity index (χ0) is 16.9. The standard InChI is InChI=1S/C14H16ClN3O4S/c1-16-23(19,20)9-10-3-5-11(6-4-10)22-14-7-12(15)17-13(18-14)8-21-2/h3-7,16H,8-9H2,1-2H3. The van der Waals surface area contributed by atoms with E-state index in [4.69, 9.17) is 21.1 Å². The Bertz CT molecular complexity index is 766. The molecule has 124 valence electrons. The predicted molar refractivity (Wildman–Crippen MR) is 86.0 cm³/mol. The highest BCUT2D eigenvalue weighted by molar-refractivity contribution is 7.88. The maximum Gasteiger partial charge on any atom is 0.224 e. The van der Waals surface area contributed by atoms with Gasteiger partial charge in [0.1, 0.15) is 17.5 Å². The quantitative estimate of drug-likeness (QED) is 0.763. The van der Waals surface area contributed by atoms with E-state index in [0.717, 1.165) is 0 Å². The molecular weight excluding hydrogens is 342 g/mol. The molecule has 0 fully saturated rings. The molecule has 1 heterocycles. The highest BCUT2D eigenvalue weighted by atomic mass is 35.5. The minimum atomic E-state index is -3.30. The van der Waals surface area contributed by atoms with Crippen LogP contribution in [0.5, 0.6) is 11.6 Å². The number of rotatable bonds is 7. The van der Waals surface area contributed by atoms with Gasteiger partial charge in [-0.3, -0.25) is 0 Å². The molecule has 0 aliphatic rings. The first-order chi connectivity index (χ1) is 10.9. The fraction of sp³-hybridized carbons (Fsp3) is 0.286. The van der Waals surface area contributed by atoms with Crippen LogP contribution in [0, 0.1) is 0 Å². The van der Waals surface area contributed by atoms with Crippen molar-refractivity contribution in [3.63, 3.8) is 0 Å². The Morgan fingerprint density at radius 1 is 1.22 bits per heavy atom. The van der Waals surface area contributed by atoms with Crippen LogP contribution in [0.4, 0.5) is 0 Å². The summed E-state index contributed by atoms with van der Waals surface area (Å²) >= 11 is 5.91. The van der Waals surface area contributed by atoms with Gasteiger partial charge in [-0.15, -0.1) is 0 Å². The van der Waals surface area contributed by atoms with Gasteiger partial charge in [0.2, 0.25) is 15.9 Å². The van der Waals surface area contributed by atoms with Crippen LogP contribution in [-0.2, 0) is 27.1 Å². The number of ether oxygens (including phenoxy) is 2. The van der Waals surface area contributed by atoms with E-state index in [1.807, 2.05) is 0 Å². The lowest BCUT2D eigenvalue weighted by Crippen LogP contribution is -2.20. The Morgan fingerprint density at radius 2 is 1.91 bits per heavy atom. The number of hydrogen-bond donors (Lipinski definition) is 1. The average molecular weight is 358 g/mol. The molecule has 0 saturated heterocycles. The van der Waals surface area contributed by atoms with Gasteiger partial charge in [-0.05, 0) is 24.7 Å². The van der Waals surface area contributed by atoms with E-state index in [-0.39, 0.29) is 23.4 Å². The number of nitrogens with zero attached hydrogens (tertiary/aromatic N) is 2. The summed E-state index contributed by atoms with van der Waals surface area (Å²) in [5, 5.41) is 0.249. The predicted octanol–water partition coefficient (Wildman–Crippen LogP) is 2.12. The van der Waals surface area contributed by atoms with Gasteiger partial charge < -0.3 is 9.47 Å². The molecule has 0 saturated carbocycles. The first-order valence-corrected chi connectivity index (χ1v) is 8.65. The molecule has 9 heteroatoms. The third-order valence-electron chi connectivity index (χ3n) is 2.80. The average Bonchev–Trinajstić information content (AvgIpc) is 2.49. The van der Waals surface area contributed by atoms with Gasteiger partial charge in [-0.25, -0.2) is 18.1 Å². The Hall–Kier alpha value is -1.74. The van der Waals surface area contributed by atoms with Crippen LogP contribution >= 0.6 is 11.6 Å². The molecule has 1 aromatic carbocycles. The maximum absolute atomic E-state index is 11.5. The topological polar surface area (TPSA) is 90.4 Å². The van der Waals surface area contributed by atoms with E-state index in [1.165, 1.54) is 20.2 Å². The monoisotopic (exact) mass is 357 g/mol. The third kappa shape index (κ3) is 5.43. The molecular formula is C14H16ClN3O4S. The largest absolute Gasteiger partial charge is 0.439 e. The van der Waals surface area contributed by atoms with Crippen LogP contribution < -0.4 is 9.46 Å². The van der Waals surface area contributed by atoms with Crippen molar-refractivity contribution in [3.8, 4) is 11.6 Å². The fourth-order valence-electron chi connectivity index (χ4n) is 1.75. The Kier molecular flexibility index (Phi) is 5.89. The molecule has 1 N–H and O–H groups in total. The summed E-state index contributed by atoms with van der Waals surface area (Å²) in [6, 6.07) is 8.14. The molecule has 23 heavy (non-hydrogen) atoms. The molecule has 0 spiro atoms. The molecule has 2 rings (SSSR count). The van der Waals surface area contributed by atoms with Gasteiger partial charge >= 0.3 is 0 Å². The van der Waals surface area contributed by atoms with Gasteiger partial charge in [-0.2, -0.15) is 4.98 Å². The summed E-state index contributed by atoms with van der Waals surface area (Å²) in [6.45, 7) is 0.220. The lowest BCUT2D eigenvalue weighted by molar-refractivity contribution is 0.177. The molecule has 0 aliphatic carbocycles. The second-order valence-electron chi connectivity index (χ2n) is 4.59. The van der Waals surface area contributed by atoms with Crippen LogP contribution in [0.2, 0.25) is 5.15 Å². The smallest absolute Gasteiger partial charge is 0.224 e. The van der Waals surface area contributed by atoms with Crippen molar-refractivity contribution in [2.75, 3.05) is 14.2 Å². The normalized spacial score (nSPS) is 11.4. The number of halogens is 1. The molecule has 0 aliphatic heterocycles. The SMILES string of the molecule is CNS(=O)(=O)Cc1ccc(Oc2cc(Cl)nc(COC)n2)cc1. The second-order valence-corrected chi connectivity index (χ2v) is 6.90. The Balaban J connectivity index is 2.12. The third-order valence-corrected chi connectivity index (χ3v) is 4.33. The number of nitrogens with one attached hydrogen (secondary N) is 1. The zero-order valence-electron chi connectivity index (χ0n) is 12.6. The van der Waals surface area contributed by atoms with E-state index in [9.17, 15) is 8.42 Å². The van der Waals surface area contributed by atoms with Gasteiger partial charge in [0, 0.05) is 13.2 Å². The van der Waals surface area contributed by atoms with Crippen LogP contribution in [0.25, 0.3) is 0 Å². The van der Waals surface area contributed by atoms with E-state index in [1.54, 1.807) is 24.3 Å². The molecule has 0 atom stereocenters. The van der Waals surface area contributed by atoms with Crippen molar-refractivity contribution in [2.24, 2.45) is 0 Å². The van der Waals surface area contributed by atoms with Crippen molar-refractivity contribution in [1.29, 1.82) is 0 Å². The summed E-state index contributed by atoms with van der Waals surface area (Å²) in [4.78, 5) is 8.17. The van der Waals surface area contributed by atoms with Crippen molar-refractivity contribution < 1.29 is 17.9 Å². The highest BCUT2D eigenvalue weighted by Gasteiger charge is 2.09.